The summed E-state index contributed by atoms with van der Waals surface area (Å²) in [6.07, 6.45) is 12.8. The van der Waals surface area contributed by atoms with Crippen molar-refractivity contribution >= 4 is 23.9 Å². The molecule has 4 aliphatic heterocycles. The minimum Gasteiger partial charge on any atom is -0.546 e. The Kier molecular flexibility index (Phi) is 22.9. The fraction of sp³-hybridized carbons (Fsp3) is 0.761. The van der Waals surface area contributed by atoms with Gasteiger partial charge >= 0.3 is 18.1 Å². The van der Waals surface area contributed by atoms with Crippen molar-refractivity contribution in [3.63, 3.8) is 0 Å². The zero-order chi connectivity index (χ0) is 44.0. The molecule has 0 saturated carbocycles. The van der Waals surface area contributed by atoms with Crippen LogP contribution in [0.15, 0.2) is 35.5 Å². The molecule has 6 bridgehead atoms. The normalized spacial score (nSPS) is 34.1. The molecule has 0 aromatic carbocycles. The number of methoxy groups -OCH3 is 1. The van der Waals surface area contributed by atoms with Gasteiger partial charge < -0.3 is 39.0 Å². The molecule has 4 heterocycles. The zero-order valence-electron chi connectivity index (χ0n) is 37.2. The first-order chi connectivity index (χ1) is 27.8. The number of unbranched alkanes of at least 4 members (excludes halogenated alkanes) is 4. The van der Waals surface area contributed by atoms with Crippen molar-refractivity contribution in [2.45, 2.75) is 187 Å². The summed E-state index contributed by atoms with van der Waals surface area (Å²) in [5.74, 6) is -3.99. The van der Waals surface area contributed by atoms with Crippen molar-refractivity contribution in [1.82, 2.24) is 0 Å². The predicted octanol–water partition coefficient (Wildman–Crippen LogP) is 6.81. The van der Waals surface area contributed by atoms with Crippen molar-refractivity contribution in [1.29, 1.82) is 0 Å². The van der Waals surface area contributed by atoms with Gasteiger partial charge in [-0.15, -0.1) is 11.8 Å². The summed E-state index contributed by atoms with van der Waals surface area (Å²) in [4.78, 5) is 55.9. The number of ketones is 1. The van der Waals surface area contributed by atoms with E-state index in [0.717, 1.165) is 51.0 Å². The number of carbonyl (C=O) groups excluding carboxylic acids is 5. The molecule has 0 aromatic heterocycles. The quantitative estimate of drug-likeness (QED) is 0.0682. The molecule has 9 atom stereocenters. The van der Waals surface area contributed by atoms with Crippen LogP contribution in [0.25, 0.3) is 0 Å². The predicted molar refractivity (Wildman–Crippen MR) is 218 cm³/mol. The average molecular weight is 921 g/mol. The van der Waals surface area contributed by atoms with Gasteiger partial charge in [0.1, 0.15) is 11.9 Å². The number of rotatable bonds is 10. The van der Waals surface area contributed by atoms with Crippen LogP contribution in [0.1, 0.15) is 145 Å². The van der Waals surface area contributed by atoms with Crippen LogP contribution in [0.5, 0.6) is 0 Å². The van der Waals surface area contributed by atoms with E-state index < -0.39 is 54.0 Å². The van der Waals surface area contributed by atoms with Gasteiger partial charge in [0.15, 0.2) is 5.79 Å². The van der Waals surface area contributed by atoms with Gasteiger partial charge in [0, 0.05) is 81.6 Å². The maximum atomic E-state index is 13.6. The van der Waals surface area contributed by atoms with Crippen LogP contribution in [0.4, 0.5) is 0 Å². The number of hydrogen-bond donors (Lipinski definition) is 3. The van der Waals surface area contributed by atoms with Gasteiger partial charge in [0.2, 0.25) is 0 Å². The molecule has 0 aromatic rings. The van der Waals surface area contributed by atoms with Crippen molar-refractivity contribution in [2.75, 3.05) is 13.7 Å². The molecule has 0 unspecified atom stereocenters. The summed E-state index contributed by atoms with van der Waals surface area (Å²) in [7, 11) is 1.27. The minimum absolute atomic E-state index is 0. The van der Waals surface area contributed by atoms with E-state index in [1.807, 2.05) is 32.9 Å². The monoisotopic (exact) mass is 920 g/mol. The van der Waals surface area contributed by atoms with Gasteiger partial charge in [0.05, 0.1) is 38.4 Å². The van der Waals surface area contributed by atoms with Gasteiger partial charge in [0.25, 0.3) is 0 Å². The number of fused-ring (bicyclic) bond motifs is 6. The number of hydrogen-bond acceptors (Lipinski definition) is 13. The molecule has 3 N–H and O–H groups in total. The summed E-state index contributed by atoms with van der Waals surface area (Å²) < 4.78 is 30.7. The molecule has 0 aliphatic carbocycles. The molecule has 4 aliphatic rings. The van der Waals surface area contributed by atoms with Crippen LogP contribution < -0.4 is 0 Å². The summed E-state index contributed by atoms with van der Waals surface area (Å²) in [5, 5.41) is 34.4. The Morgan fingerprint density at radius 3 is 2.32 bits per heavy atom. The summed E-state index contributed by atoms with van der Waals surface area (Å²) in [5.41, 5.74) is 0.354. The number of aliphatic hydroxyl groups excluding tert-OH is 2. The number of Topliss-reactive ketones (excluding diaryl/α,β-unsaturated/α-hetero) is 1. The molecular formula is C46H71O13Y-. The second-order valence-electron chi connectivity index (χ2n) is 18.0. The Morgan fingerprint density at radius 2 is 1.68 bits per heavy atom. The van der Waals surface area contributed by atoms with Gasteiger partial charge in [-0.05, 0) is 45.4 Å². The molecule has 13 nitrogen and oxygen atoms in total. The smallest absolute Gasteiger partial charge is 0.373 e. The van der Waals surface area contributed by atoms with Gasteiger partial charge in [-0.2, -0.15) is 15.7 Å². The first-order valence-electron chi connectivity index (χ1n) is 21.6. The van der Waals surface area contributed by atoms with E-state index in [4.69, 9.17) is 33.3 Å². The summed E-state index contributed by atoms with van der Waals surface area (Å²) in [6, 6.07) is 0. The SMILES string of the molecule is C/C=C1/C[C@H]2C[C-]3O[C@H](C[C@@H](O)CC(=O)O[C@@H](CO)C[C@@H]4C/C(=C\C(=O)OC)[C@H](CC(=O)CCCCCCC)[C@@](O)(O4)C(C)(C)/C=C/[C@@H](C1)O2)C[C@H](C)C3(C)C.O=C=O.[Y]. The third-order valence-corrected chi connectivity index (χ3v) is 12.9. The molecule has 0 spiro atoms. The standard InChI is InChI=1S/C45H71O11.CO2.Y/c1-9-11-12-13-14-15-32(47)24-39-31(22-41(49)52-8)21-37-26-38(28-46)55-42(50)25-33(48)23-35-18-29(3)44(6,7)40(54-35)27-36-20-30(10-2)19-34(53-36)16-17-43(4,5)45(39,51)56-37;2-1-3;/h10,16-17,22,29,33-39,46,48,51H,9,11-15,18-21,23-28H2,1-8H3;;/q-1;;/b17-16+,30-10+,31-22+;;/t29-,33+,34-,35-,36-,37-,38+,39-,45+;;/m0../s1. The van der Waals surface area contributed by atoms with Crippen LogP contribution in [0.3, 0.4) is 0 Å². The fourth-order valence-corrected chi connectivity index (χ4v) is 8.87. The molecule has 14 heteroatoms. The molecule has 1 radical (unpaired) electrons. The van der Waals surface area contributed by atoms with Crippen molar-refractivity contribution in [3.8, 4) is 0 Å². The third-order valence-electron chi connectivity index (χ3n) is 12.9. The van der Waals surface area contributed by atoms with E-state index >= 15 is 0 Å². The first-order valence-corrected chi connectivity index (χ1v) is 21.6. The molecule has 3 fully saturated rings. The van der Waals surface area contributed by atoms with Crippen molar-refractivity contribution in [3.05, 3.63) is 41.6 Å². The Morgan fingerprint density at radius 1 is 1.00 bits per heavy atom. The summed E-state index contributed by atoms with van der Waals surface area (Å²) >= 11 is 0. The van der Waals surface area contributed by atoms with E-state index in [2.05, 4.69) is 33.8 Å². The Bertz CT molecular complexity index is 1510. The van der Waals surface area contributed by atoms with Crippen molar-refractivity contribution < 1.29 is 95.7 Å². The molecule has 337 valence electrons. The number of allylic oxidation sites excluding steroid dienone is 1. The van der Waals surface area contributed by atoms with E-state index in [1.165, 1.54) is 18.8 Å². The third kappa shape index (κ3) is 15.4. The first kappa shape index (κ1) is 54.2. The minimum atomic E-state index is -2.01. The van der Waals surface area contributed by atoms with Crippen LogP contribution >= 0.6 is 0 Å². The Labute approximate surface area is 382 Å². The van der Waals surface area contributed by atoms with E-state index in [1.54, 1.807) is 0 Å². The number of aliphatic hydroxyl groups is 3. The molecular weight excluding hydrogens is 849 g/mol. The summed E-state index contributed by atoms with van der Waals surface area (Å²) in [6.45, 7) is 13.9. The number of carbonyl (C=O) groups is 3. The second-order valence-corrected chi connectivity index (χ2v) is 18.0. The van der Waals surface area contributed by atoms with E-state index in [9.17, 15) is 29.7 Å². The topological polar surface area (TPSA) is 192 Å². The van der Waals surface area contributed by atoms with Crippen LogP contribution in [-0.2, 0) is 80.4 Å². The van der Waals surface area contributed by atoms with Gasteiger partial charge in [-0.3, -0.25) is 9.59 Å². The Hall–Kier alpha value is -1.93. The molecule has 3 saturated heterocycles. The van der Waals surface area contributed by atoms with Crippen LogP contribution in [0.2, 0.25) is 0 Å². The maximum Gasteiger partial charge on any atom is 0.373 e. The van der Waals surface area contributed by atoms with Gasteiger partial charge in [-0.25, -0.2) is 4.79 Å². The van der Waals surface area contributed by atoms with Crippen LogP contribution in [0, 0.1) is 28.8 Å². The fourth-order valence-electron chi connectivity index (χ4n) is 8.87. The number of cyclic esters (lactones) is 1. The van der Waals surface area contributed by atoms with E-state index in [0.29, 0.717) is 24.8 Å². The zero-order valence-corrected chi connectivity index (χ0v) is 40.1. The van der Waals surface area contributed by atoms with E-state index in [-0.39, 0.29) is 106 Å². The average Bonchev–Trinajstić information content (AvgIpc) is 3.16. The van der Waals surface area contributed by atoms with Gasteiger partial charge in [-0.1, -0.05) is 103 Å². The number of ether oxygens (including phenoxy) is 5. The molecule has 60 heavy (non-hydrogen) atoms. The maximum absolute atomic E-state index is 13.6. The van der Waals surface area contributed by atoms with Crippen molar-refractivity contribution in [2.24, 2.45) is 22.7 Å². The molecule has 4 rings (SSSR count). The molecule has 0 amide bonds. The second kappa shape index (κ2) is 25.4. The largest absolute Gasteiger partial charge is 0.546 e. The number of esters is 2. The Balaban J connectivity index is 0.00000301. The van der Waals surface area contributed by atoms with Crippen LogP contribution in [-0.4, -0.2) is 95.3 Å².